The van der Waals surface area contributed by atoms with Gasteiger partial charge in [-0.15, -0.1) is 0 Å². The van der Waals surface area contributed by atoms with Gasteiger partial charge >= 0.3 is 0 Å². The van der Waals surface area contributed by atoms with E-state index in [2.05, 4.69) is 170 Å². The fourth-order valence-electron chi connectivity index (χ4n) is 7.64. The molecular formula is C43H28. The lowest BCUT2D eigenvalue weighted by Gasteiger charge is -2.42. The zero-order valence-electron chi connectivity index (χ0n) is 23.7. The van der Waals surface area contributed by atoms with Crippen LogP contribution in [0, 0.1) is 5.41 Å². The first-order chi connectivity index (χ1) is 21.3. The summed E-state index contributed by atoms with van der Waals surface area (Å²) in [6.07, 6.45) is 16.7. The van der Waals surface area contributed by atoms with Gasteiger partial charge in [-0.1, -0.05) is 158 Å². The molecule has 0 heteroatoms. The lowest BCUT2D eigenvalue weighted by Crippen LogP contribution is -2.29. The SMILES string of the molecule is C1=CC2(C3=Cc4ccccc4C3=C1)C1=Cc3ccccc3C1=CC=C2c1ccccc1-c1ccccc1-c1ccccc1. The Labute approximate surface area is 252 Å². The molecule has 1 atom stereocenters. The van der Waals surface area contributed by atoms with Gasteiger partial charge in [0.05, 0.1) is 5.41 Å². The van der Waals surface area contributed by atoms with Crippen molar-refractivity contribution in [1.29, 1.82) is 0 Å². The molecule has 9 rings (SSSR count). The van der Waals surface area contributed by atoms with E-state index >= 15 is 0 Å². The monoisotopic (exact) mass is 544 g/mol. The summed E-state index contributed by atoms with van der Waals surface area (Å²) in [7, 11) is 0. The Bertz CT molecular complexity index is 2140. The molecule has 0 bridgehead atoms. The normalized spacial score (nSPS) is 18.9. The number of hydrogen-bond acceptors (Lipinski definition) is 0. The Morgan fingerprint density at radius 3 is 1.49 bits per heavy atom. The molecule has 0 saturated carbocycles. The molecule has 0 radical (unpaired) electrons. The second kappa shape index (κ2) is 9.28. The third-order valence-corrected chi connectivity index (χ3v) is 9.50. The van der Waals surface area contributed by atoms with Gasteiger partial charge in [0.2, 0.25) is 0 Å². The Balaban J connectivity index is 1.32. The second-order valence-corrected chi connectivity index (χ2v) is 11.7. The molecule has 4 aliphatic rings. The average molecular weight is 545 g/mol. The summed E-state index contributed by atoms with van der Waals surface area (Å²) >= 11 is 0. The first-order valence-corrected chi connectivity index (χ1v) is 15.0. The number of rotatable bonds is 3. The zero-order valence-corrected chi connectivity index (χ0v) is 23.7. The molecule has 0 fully saturated rings. The summed E-state index contributed by atoms with van der Waals surface area (Å²) in [4.78, 5) is 0. The van der Waals surface area contributed by atoms with Crippen LogP contribution in [0.1, 0.15) is 27.8 Å². The Hall–Kier alpha value is -5.46. The van der Waals surface area contributed by atoms with Gasteiger partial charge in [-0.05, 0) is 90.1 Å². The van der Waals surface area contributed by atoms with Crippen LogP contribution in [0.15, 0.2) is 169 Å². The Kier molecular flexibility index (Phi) is 5.21. The molecule has 0 nitrogen and oxygen atoms in total. The number of fused-ring (bicyclic) bond motifs is 8. The molecule has 0 N–H and O–H groups in total. The highest BCUT2D eigenvalue weighted by Gasteiger charge is 2.48. The van der Waals surface area contributed by atoms with Crippen molar-refractivity contribution in [3.8, 4) is 22.3 Å². The van der Waals surface area contributed by atoms with Crippen LogP contribution in [0.4, 0.5) is 0 Å². The van der Waals surface area contributed by atoms with Crippen molar-refractivity contribution in [1.82, 2.24) is 0 Å². The number of allylic oxidation sites excluding steroid dienone is 10. The minimum Gasteiger partial charge on any atom is -0.0651 e. The quantitative estimate of drug-likeness (QED) is 0.212. The maximum Gasteiger partial charge on any atom is 0.0653 e. The van der Waals surface area contributed by atoms with Crippen molar-refractivity contribution < 1.29 is 0 Å². The third-order valence-electron chi connectivity index (χ3n) is 9.50. The van der Waals surface area contributed by atoms with E-state index in [4.69, 9.17) is 0 Å². The topological polar surface area (TPSA) is 0 Å². The molecule has 0 heterocycles. The summed E-state index contributed by atoms with van der Waals surface area (Å²) in [5.41, 5.74) is 17.7. The third kappa shape index (κ3) is 3.44. The first-order valence-electron chi connectivity index (χ1n) is 15.0. The average Bonchev–Trinajstić information content (AvgIpc) is 3.66. The lowest BCUT2D eigenvalue weighted by atomic mass is 9.59. The molecule has 0 saturated heterocycles. The maximum atomic E-state index is 2.45. The van der Waals surface area contributed by atoms with Crippen LogP contribution in [0.3, 0.4) is 0 Å². The van der Waals surface area contributed by atoms with Crippen molar-refractivity contribution >= 4 is 28.9 Å². The summed E-state index contributed by atoms with van der Waals surface area (Å²) in [5, 5.41) is 0. The van der Waals surface area contributed by atoms with E-state index in [-0.39, 0.29) is 0 Å². The molecule has 0 aromatic heterocycles. The van der Waals surface area contributed by atoms with Gasteiger partial charge in [0.25, 0.3) is 0 Å². The van der Waals surface area contributed by atoms with Crippen molar-refractivity contribution in [2.24, 2.45) is 5.41 Å². The Morgan fingerprint density at radius 2 is 0.837 bits per heavy atom. The minimum atomic E-state index is -0.427. The highest BCUT2D eigenvalue weighted by Crippen LogP contribution is 2.64. The van der Waals surface area contributed by atoms with Gasteiger partial charge in [0, 0.05) is 0 Å². The van der Waals surface area contributed by atoms with E-state index in [0.29, 0.717) is 0 Å². The number of benzene rings is 5. The summed E-state index contributed by atoms with van der Waals surface area (Å²) in [6, 6.07) is 46.2. The smallest absolute Gasteiger partial charge is 0.0651 e. The van der Waals surface area contributed by atoms with Crippen LogP contribution in [0.25, 0.3) is 51.1 Å². The van der Waals surface area contributed by atoms with Crippen molar-refractivity contribution in [3.63, 3.8) is 0 Å². The summed E-state index contributed by atoms with van der Waals surface area (Å²) in [5.74, 6) is 0. The number of hydrogen-bond donors (Lipinski definition) is 0. The van der Waals surface area contributed by atoms with Gasteiger partial charge in [-0.2, -0.15) is 0 Å². The zero-order chi connectivity index (χ0) is 28.4. The predicted octanol–water partition coefficient (Wildman–Crippen LogP) is 10.9. The van der Waals surface area contributed by atoms with Gasteiger partial charge in [0.1, 0.15) is 0 Å². The van der Waals surface area contributed by atoms with Crippen LogP contribution < -0.4 is 0 Å². The summed E-state index contributed by atoms with van der Waals surface area (Å²) < 4.78 is 0. The van der Waals surface area contributed by atoms with E-state index in [1.165, 1.54) is 77.9 Å². The van der Waals surface area contributed by atoms with Crippen LogP contribution in [-0.2, 0) is 0 Å². The standard InChI is InChI=1S/C43H28/c1-2-13-29(14-3-1)32-17-8-9-20-35(32)36-21-10-11-22-38(36)40-25-24-39-34-19-7-5-16-31(34)28-42(39)43(40)26-12-23-37-33-18-6-4-15-30(33)27-41(37)43/h1-28H. The molecule has 0 aliphatic heterocycles. The van der Waals surface area contributed by atoms with Crippen molar-refractivity contribution in [3.05, 3.63) is 197 Å². The minimum absolute atomic E-state index is 0.427. The summed E-state index contributed by atoms with van der Waals surface area (Å²) in [6.45, 7) is 0. The predicted molar refractivity (Wildman–Crippen MR) is 182 cm³/mol. The van der Waals surface area contributed by atoms with Crippen LogP contribution in [0.2, 0.25) is 0 Å². The lowest BCUT2D eigenvalue weighted by molar-refractivity contribution is 0.779. The molecule has 0 amide bonds. The van der Waals surface area contributed by atoms with Gasteiger partial charge < -0.3 is 0 Å². The van der Waals surface area contributed by atoms with Gasteiger partial charge in [-0.3, -0.25) is 0 Å². The van der Waals surface area contributed by atoms with E-state index in [1.54, 1.807) is 0 Å². The van der Waals surface area contributed by atoms with Gasteiger partial charge in [-0.25, -0.2) is 0 Å². The fraction of sp³-hybridized carbons (Fsp3) is 0.0233. The largest absolute Gasteiger partial charge is 0.0653 e. The maximum absolute atomic E-state index is 2.45. The van der Waals surface area contributed by atoms with Crippen molar-refractivity contribution in [2.45, 2.75) is 0 Å². The highest BCUT2D eigenvalue weighted by molar-refractivity contribution is 6.11. The first kappa shape index (κ1) is 24.2. The van der Waals surface area contributed by atoms with Crippen molar-refractivity contribution in [2.75, 3.05) is 0 Å². The molecule has 1 spiro atoms. The van der Waals surface area contributed by atoms with Gasteiger partial charge in [0.15, 0.2) is 0 Å². The Morgan fingerprint density at radius 1 is 0.349 bits per heavy atom. The molecule has 200 valence electrons. The van der Waals surface area contributed by atoms with Crippen LogP contribution in [-0.4, -0.2) is 0 Å². The second-order valence-electron chi connectivity index (χ2n) is 11.7. The van der Waals surface area contributed by atoms with E-state index in [9.17, 15) is 0 Å². The highest BCUT2D eigenvalue weighted by atomic mass is 14.5. The van der Waals surface area contributed by atoms with E-state index in [0.717, 1.165) is 0 Å². The van der Waals surface area contributed by atoms with Crippen LogP contribution in [0.5, 0.6) is 0 Å². The fourth-order valence-corrected chi connectivity index (χ4v) is 7.64. The molecule has 43 heavy (non-hydrogen) atoms. The molecule has 1 unspecified atom stereocenters. The molecule has 4 aliphatic carbocycles. The molecule has 5 aromatic carbocycles. The molecule has 5 aromatic rings. The van der Waals surface area contributed by atoms with Crippen LogP contribution >= 0.6 is 0 Å². The van der Waals surface area contributed by atoms with E-state index in [1.807, 2.05) is 0 Å². The van der Waals surface area contributed by atoms with E-state index < -0.39 is 5.41 Å². The molecular weight excluding hydrogens is 516 g/mol.